The van der Waals surface area contributed by atoms with Crippen molar-refractivity contribution in [2.45, 2.75) is 26.2 Å². The van der Waals surface area contributed by atoms with Gasteiger partial charge in [-0.1, -0.05) is 20.8 Å². The molecule has 2 aromatic carbocycles. The number of fused-ring (bicyclic) bond motifs is 6. The van der Waals surface area contributed by atoms with Crippen LogP contribution >= 0.6 is 22.7 Å². The third kappa shape index (κ3) is 2.47. The van der Waals surface area contributed by atoms with Crippen LogP contribution in [0.2, 0.25) is 0 Å². The van der Waals surface area contributed by atoms with Gasteiger partial charge in [-0.25, -0.2) is 9.97 Å². The standard InChI is InChI=1S/C24H18N2OS2/c1-24(2,3)17-11-14(10-13-6-8-29-22(13)17)20-19-16-4-5-18-15(7-9-28-18)21(16)27-23(19)26-12-25-20/h4-12H,1-3H3. The first-order valence-electron chi connectivity index (χ1n) is 9.56. The van der Waals surface area contributed by atoms with Crippen molar-refractivity contribution in [3.05, 3.63) is 59.0 Å². The van der Waals surface area contributed by atoms with E-state index < -0.39 is 0 Å². The minimum atomic E-state index is 0.0482. The Labute approximate surface area is 175 Å². The fraction of sp³-hybridized carbons (Fsp3) is 0.167. The molecular formula is C24H18N2OS2. The SMILES string of the molecule is CC(C)(C)c1cc(-c2ncnc3oc4c5ccsc5ccc4c23)cc2ccsc12. The molecule has 0 atom stereocenters. The number of rotatable bonds is 1. The van der Waals surface area contributed by atoms with Crippen LogP contribution in [0.25, 0.3) is 53.5 Å². The highest BCUT2D eigenvalue weighted by Gasteiger charge is 2.22. The van der Waals surface area contributed by atoms with Gasteiger partial charge in [0.15, 0.2) is 0 Å². The minimum Gasteiger partial charge on any atom is -0.437 e. The van der Waals surface area contributed by atoms with Gasteiger partial charge in [0.2, 0.25) is 5.71 Å². The number of aromatic nitrogens is 2. The van der Waals surface area contributed by atoms with Gasteiger partial charge in [0.25, 0.3) is 0 Å². The lowest BCUT2D eigenvalue weighted by molar-refractivity contribution is 0.597. The zero-order chi connectivity index (χ0) is 19.8. The van der Waals surface area contributed by atoms with E-state index in [1.807, 2.05) is 0 Å². The molecule has 0 bridgehead atoms. The molecule has 0 fully saturated rings. The normalized spacial score (nSPS) is 12.7. The van der Waals surface area contributed by atoms with E-state index in [1.165, 1.54) is 20.3 Å². The molecule has 0 saturated heterocycles. The highest BCUT2D eigenvalue weighted by molar-refractivity contribution is 7.17. The van der Waals surface area contributed by atoms with E-state index in [1.54, 1.807) is 29.0 Å². The lowest BCUT2D eigenvalue weighted by Crippen LogP contribution is -2.11. The fourth-order valence-electron chi connectivity index (χ4n) is 4.11. The van der Waals surface area contributed by atoms with Gasteiger partial charge >= 0.3 is 0 Å². The maximum Gasteiger partial charge on any atom is 0.231 e. The van der Waals surface area contributed by atoms with E-state index in [4.69, 9.17) is 9.40 Å². The minimum absolute atomic E-state index is 0.0482. The predicted octanol–water partition coefficient (Wildman–Crippen LogP) is 7.77. The summed E-state index contributed by atoms with van der Waals surface area (Å²) in [5.74, 6) is 0. The largest absolute Gasteiger partial charge is 0.437 e. The Bertz CT molecular complexity index is 1550. The van der Waals surface area contributed by atoms with Crippen LogP contribution in [0.5, 0.6) is 0 Å². The Morgan fingerprint density at radius 3 is 2.62 bits per heavy atom. The Hall–Kier alpha value is -2.76. The average molecular weight is 415 g/mol. The smallest absolute Gasteiger partial charge is 0.231 e. The van der Waals surface area contributed by atoms with Crippen LogP contribution in [0, 0.1) is 0 Å². The molecule has 0 aliphatic heterocycles. The summed E-state index contributed by atoms with van der Waals surface area (Å²) in [6.45, 7) is 6.80. The Morgan fingerprint density at radius 2 is 1.76 bits per heavy atom. The maximum absolute atomic E-state index is 6.21. The quantitative estimate of drug-likeness (QED) is 0.276. The number of benzene rings is 2. The average Bonchev–Trinajstić information content (AvgIpc) is 3.42. The number of thiophene rings is 2. The third-order valence-electron chi connectivity index (χ3n) is 5.50. The molecule has 0 amide bonds. The third-order valence-corrected chi connectivity index (χ3v) is 7.34. The van der Waals surface area contributed by atoms with Crippen molar-refractivity contribution in [2.75, 3.05) is 0 Å². The van der Waals surface area contributed by atoms with Gasteiger partial charge in [-0.2, -0.15) is 0 Å². The highest BCUT2D eigenvalue weighted by atomic mass is 32.1. The summed E-state index contributed by atoms with van der Waals surface area (Å²) in [6, 6.07) is 13.1. The molecule has 0 radical (unpaired) electrons. The predicted molar refractivity (Wildman–Crippen MR) is 124 cm³/mol. The van der Waals surface area contributed by atoms with Gasteiger partial charge in [0, 0.05) is 25.7 Å². The van der Waals surface area contributed by atoms with Crippen molar-refractivity contribution < 1.29 is 4.42 Å². The molecule has 29 heavy (non-hydrogen) atoms. The van der Waals surface area contributed by atoms with Crippen molar-refractivity contribution in [3.63, 3.8) is 0 Å². The monoisotopic (exact) mass is 414 g/mol. The van der Waals surface area contributed by atoms with Crippen LogP contribution in [-0.2, 0) is 5.41 Å². The first kappa shape index (κ1) is 17.1. The van der Waals surface area contributed by atoms with Gasteiger partial charge in [-0.05, 0) is 63.5 Å². The van der Waals surface area contributed by atoms with Crippen LogP contribution in [0.4, 0.5) is 0 Å². The maximum atomic E-state index is 6.21. The summed E-state index contributed by atoms with van der Waals surface area (Å²) >= 11 is 3.53. The second-order valence-electron chi connectivity index (χ2n) is 8.39. The first-order valence-corrected chi connectivity index (χ1v) is 11.3. The van der Waals surface area contributed by atoms with Crippen molar-refractivity contribution in [2.24, 2.45) is 0 Å². The topological polar surface area (TPSA) is 38.9 Å². The van der Waals surface area contributed by atoms with Crippen LogP contribution in [0.15, 0.2) is 57.9 Å². The van der Waals surface area contributed by atoms with Crippen molar-refractivity contribution in [1.29, 1.82) is 0 Å². The molecule has 0 saturated carbocycles. The van der Waals surface area contributed by atoms with Crippen LogP contribution in [0.1, 0.15) is 26.3 Å². The molecule has 0 aliphatic carbocycles. The second kappa shape index (κ2) is 5.88. The molecule has 0 N–H and O–H groups in total. The molecule has 3 nitrogen and oxygen atoms in total. The van der Waals surface area contributed by atoms with Crippen LogP contribution in [0.3, 0.4) is 0 Å². The molecule has 142 valence electrons. The molecule has 4 heterocycles. The van der Waals surface area contributed by atoms with Gasteiger partial charge in [0.05, 0.1) is 11.1 Å². The Kier molecular flexibility index (Phi) is 3.47. The fourth-order valence-corrected chi connectivity index (χ4v) is 6.00. The van der Waals surface area contributed by atoms with E-state index >= 15 is 0 Å². The number of nitrogens with zero attached hydrogens (tertiary/aromatic N) is 2. The van der Waals surface area contributed by atoms with E-state index in [2.05, 4.69) is 72.9 Å². The highest BCUT2D eigenvalue weighted by Crippen LogP contribution is 2.41. The lowest BCUT2D eigenvalue weighted by Gasteiger charge is -2.21. The summed E-state index contributed by atoms with van der Waals surface area (Å²) in [5.41, 5.74) is 4.98. The summed E-state index contributed by atoms with van der Waals surface area (Å²) in [7, 11) is 0. The van der Waals surface area contributed by atoms with Crippen LogP contribution < -0.4 is 0 Å². The van der Waals surface area contributed by atoms with Crippen molar-refractivity contribution in [1.82, 2.24) is 9.97 Å². The lowest BCUT2D eigenvalue weighted by atomic mass is 9.85. The Morgan fingerprint density at radius 1 is 0.897 bits per heavy atom. The van der Waals surface area contributed by atoms with E-state index in [9.17, 15) is 0 Å². The molecular weight excluding hydrogens is 396 g/mol. The van der Waals surface area contributed by atoms with Gasteiger partial charge in [-0.3, -0.25) is 0 Å². The van der Waals surface area contributed by atoms with Crippen molar-refractivity contribution >= 4 is 64.9 Å². The number of hydrogen-bond donors (Lipinski definition) is 0. The van der Waals surface area contributed by atoms with E-state index in [0.29, 0.717) is 5.71 Å². The van der Waals surface area contributed by atoms with Gasteiger partial charge in [-0.15, -0.1) is 22.7 Å². The molecule has 0 aliphatic rings. The summed E-state index contributed by atoms with van der Waals surface area (Å²) < 4.78 is 8.79. The Balaban J connectivity index is 1.73. The molecule has 6 rings (SSSR count). The van der Waals surface area contributed by atoms with Gasteiger partial charge < -0.3 is 4.42 Å². The molecule has 4 aromatic heterocycles. The molecule has 0 unspecified atom stereocenters. The summed E-state index contributed by atoms with van der Waals surface area (Å²) in [6.07, 6.45) is 1.61. The second-order valence-corrected chi connectivity index (χ2v) is 10.3. The first-order chi connectivity index (χ1) is 14.0. The van der Waals surface area contributed by atoms with E-state index in [0.717, 1.165) is 33.0 Å². The molecule has 0 spiro atoms. The zero-order valence-electron chi connectivity index (χ0n) is 16.3. The van der Waals surface area contributed by atoms with Gasteiger partial charge in [0.1, 0.15) is 11.9 Å². The summed E-state index contributed by atoms with van der Waals surface area (Å²) in [5, 5.41) is 8.73. The zero-order valence-corrected chi connectivity index (χ0v) is 17.9. The summed E-state index contributed by atoms with van der Waals surface area (Å²) in [4.78, 5) is 9.16. The van der Waals surface area contributed by atoms with Crippen LogP contribution in [-0.4, -0.2) is 9.97 Å². The number of furan rings is 1. The van der Waals surface area contributed by atoms with E-state index in [-0.39, 0.29) is 5.41 Å². The number of hydrogen-bond acceptors (Lipinski definition) is 5. The van der Waals surface area contributed by atoms with Crippen molar-refractivity contribution in [3.8, 4) is 11.3 Å². The molecule has 6 aromatic rings. The molecule has 5 heteroatoms.